The lowest BCUT2D eigenvalue weighted by Crippen LogP contribution is -2.48. The first-order valence-corrected chi connectivity index (χ1v) is 6.62. The SMILES string of the molecule is O=C(O)[C@](O)(Cc1ccccc1)C1CCCCC1. The highest BCUT2D eigenvalue weighted by Crippen LogP contribution is 2.35. The number of aliphatic carboxylic acids is 1. The average Bonchev–Trinajstić information content (AvgIpc) is 2.40. The summed E-state index contributed by atoms with van der Waals surface area (Å²) < 4.78 is 0. The molecule has 1 aliphatic carbocycles. The van der Waals surface area contributed by atoms with Crippen LogP contribution in [0.15, 0.2) is 30.3 Å². The van der Waals surface area contributed by atoms with Crippen LogP contribution in [0, 0.1) is 5.92 Å². The van der Waals surface area contributed by atoms with Crippen LogP contribution in [0.5, 0.6) is 0 Å². The lowest BCUT2D eigenvalue weighted by molar-refractivity contribution is -0.166. The lowest BCUT2D eigenvalue weighted by Gasteiger charge is -2.35. The van der Waals surface area contributed by atoms with Crippen LogP contribution in [0.3, 0.4) is 0 Å². The highest BCUT2D eigenvalue weighted by Gasteiger charge is 2.44. The van der Waals surface area contributed by atoms with Crippen molar-refractivity contribution in [3.63, 3.8) is 0 Å². The van der Waals surface area contributed by atoms with Gasteiger partial charge in [-0.05, 0) is 24.3 Å². The molecule has 1 aromatic rings. The van der Waals surface area contributed by atoms with Crippen molar-refractivity contribution < 1.29 is 15.0 Å². The smallest absolute Gasteiger partial charge is 0.336 e. The van der Waals surface area contributed by atoms with Crippen molar-refractivity contribution in [2.24, 2.45) is 5.92 Å². The van der Waals surface area contributed by atoms with Crippen molar-refractivity contribution >= 4 is 5.97 Å². The fourth-order valence-corrected chi connectivity index (χ4v) is 2.88. The summed E-state index contributed by atoms with van der Waals surface area (Å²) in [5.74, 6) is -1.21. The highest BCUT2D eigenvalue weighted by molar-refractivity contribution is 5.78. The molecular weight excluding hydrogens is 228 g/mol. The second-order valence-corrected chi connectivity index (χ2v) is 5.23. The Morgan fingerprint density at radius 2 is 1.78 bits per heavy atom. The molecular formula is C15H20O3. The van der Waals surface area contributed by atoms with Gasteiger partial charge < -0.3 is 10.2 Å². The molecule has 0 bridgehead atoms. The van der Waals surface area contributed by atoms with E-state index in [-0.39, 0.29) is 12.3 Å². The summed E-state index contributed by atoms with van der Waals surface area (Å²) >= 11 is 0. The molecule has 3 heteroatoms. The Hall–Kier alpha value is -1.35. The van der Waals surface area contributed by atoms with Crippen LogP contribution < -0.4 is 0 Å². The third-order valence-electron chi connectivity index (χ3n) is 3.97. The van der Waals surface area contributed by atoms with Crippen molar-refractivity contribution in [1.82, 2.24) is 0 Å². The van der Waals surface area contributed by atoms with Crippen molar-refractivity contribution in [2.45, 2.75) is 44.1 Å². The number of rotatable bonds is 4. The fourth-order valence-electron chi connectivity index (χ4n) is 2.88. The number of hydrogen-bond acceptors (Lipinski definition) is 2. The van der Waals surface area contributed by atoms with E-state index < -0.39 is 11.6 Å². The molecule has 2 rings (SSSR count). The minimum absolute atomic E-state index is 0.121. The number of hydrogen-bond donors (Lipinski definition) is 2. The predicted octanol–water partition coefficient (Wildman–Crippen LogP) is 2.63. The molecule has 3 nitrogen and oxygen atoms in total. The molecule has 1 fully saturated rings. The second kappa shape index (κ2) is 5.53. The fraction of sp³-hybridized carbons (Fsp3) is 0.533. The molecule has 1 aliphatic rings. The first-order chi connectivity index (χ1) is 8.63. The van der Waals surface area contributed by atoms with E-state index >= 15 is 0 Å². The summed E-state index contributed by atoms with van der Waals surface area (Å²) in [7, 11) is 0. The molecule has 0 aliphatic heterocycles. The summed E-state index contributed by atoms with van der Waals surface area (Å²) in [5.41, 5.74) is -0.727. The Bertz CT molecular complexity index is 395. The van der Waals surface area contributed by atoms with E-state index in [1.807, 2.05) is 30.3 Å². The summed E-state index contributed by atoms with van der Waals surface area (Å²) in [6.45, 7) is 0. The quantitative estimate of drug-likeness (QED) is 0.861. The maximum Gasteiger partial charge on any atom is 0.336 e. The molecule has 1 atom stereocenters. The van der Waals surface area contributed by atoms with Crippen LogP contribution in [-0.4, -0.2) is 21.8 Å². The van der Waals surface area contributed by atoms with Gasteiger partial charge in [-0.2, -0.15) is 0 Å². The van der Waals surface area contributed by atoms with Crippen LogP contribution in [-0.2, 0) is 11.2 Å². The topological polar surface area (TPSA) is 57.5 Å². The van der Waals surface area contributed by atoms with E-state index in [2.05, 4.69) is 0 Å². The number of aliphatic hydroxyl groups is 1. The average molecular weight is 248 g/mol. The lowest BCUT2D eigenvalue weighted by atomic mass is 9.74. The maximum atomic E-state index is 11.5. The minimum Gasteiger partial charge on any atom is -0.479 e. The van der Waals surface area contributed by atoms with Gasteiger partial charge in [0.2, 0.25) is 0 Å². The normalized spacial score (nSPS) is 20.3. The summed E-state index contributed by atoms with van der Waals surface area (Å²) in [6, 6.07) is 9.38. The summed E-state index contributed by atoms with van der Waals surface area (Å²) in [4.78, 5) is 11.5. The van der Waals surface area contributed by atoms with Gasteiger partial charge in [0, 0.05) is 6.42 Å². The molecule has 0 amide bonds. The van der Waals surface area contributed by atoms with Crippen LogP contribution in [0.4, 0.5) is 0 Å². The Morgan fingerprint density at radius 3 is 2.33 bits per heavy atom. The molecule has 1 saturated carbocycles. The molecule has 98 valence electrons. The van der Waals surface area contributed by atoms with Crippen LogP contribution in [0.1, 0.15) is 37.7 Å². The number of carbonyl (C=O) groups is 1. The van der Waals surface area contributed by atoms with Gasteiger partial charge in [-0.15, -0.1) is 0 Å². The van der Waals surface area contributed by atoms with Gasteiger partial charge in [-0.1, -0.05) is 49.6 Å². The molecule has 18 heavy (non-hydrogen) atoms. The third-order valence-corrected chi connectivity index (χ3v) is 3.97. The van der Waals surface area contributed by atoms with E-state index in [4.69, 9.17) is 0 Å². The molecule has 0 saturated heterocycles. The zero-order valence-corrected chi connectivity index (χ0v) is 10.5. The minimum atomic E-state index is -1.61. The van der Waals surface area contributed by atoms with E-state index in [0.29, 0.717) is 0 Å². The Kier molecular flexibility index (Phi) is 4.02. The van der Waals surface area contributed by atoms with E-state index in [0.717, 1.165) is 37.7 Å². The summed E-state index contributed by atoms with van der Waals surface area (Å²) in [6.07, 6.45) is 5.03. The Labute approximate surface area is 107 Å². The van der Waals surface area contributed by atoms with Gasteiger partial charge in [0.15, 0.2) is 5.60 Å². The van der Waals surface area contributed by atoms with E-state index in [1.54, 1.807) is 0 Å². The van der Waals surface area contributed by atoms with Gasteiger partial charge in [0.25, 0.3) is 0 Å². The number of carboxylic acids is 1. The van der Waals surface area contributed by atoms with Crippen molar-refractivity contribution in [1.29, 1.82) is 0 Å². The van der Waals surface area contributed by atoms with Gasteiger partial charge in [-0.3, -0.25) is 0 Å². The third kappa shape index (κ3) is 2.72. The zero-order valence-electron chi connectivity index (χ0n) is 10.5. The molecule has 0 heterocycles. The molecule has 0 spiro atoms. The maximum absolute atomic E-state index is 11.5. The number of benzene rings is 1. The van der Waals surface area contributed by atoms with Gasteiger partial charge in [0.05, 0.1) is 0 Å². The predicted molar refractivity (Wildman–Crippen MR) is 69.3 cm³/mol. The highest BCUT2D eigenvalue weighted by atomic mass is 16.4. The Morgan fingerprint density at radius 1 is 1.17 bits per heavy atom. The van der Waals surface area contributed by atoms with Crippen LogP contribution in [0.2, 0.25) is 0 Å². The first kappa shape index (κ1) is 13.1. The van der Waals surface area contributed by atoms with Crippen LogP contribution >= 0.6 is 0 Å². The molecule has 0 unspecified atom stereocenters. The molecule has 0 radical (unpaired) electrons. The van der Waals surface area contributed by atoms with Crippen molar-refractivity contribution in [3.05, 3.63) is 35.9 Å². The zero-order chi connectivity index (χ0) is 13.0. The number of carboxylic acid groups (broad SMARTS) is 1. The Balaban J connectivity index is 2.18. The first-order valence-electron chi connectivity index (χ1n) is 6.62. The van der Waals surface area contributed by atoms with E-state index in [1.165, 1.54) is 0 Å². The molecule has 1 aromatic carbocycles. The standard InChI is InChI=1S/C15H20O3/c16-14(17)15(18,13-9-5-2-6-10-13)11-12-7-3-1-4-8-12/h1,3-4,7-8,13,18H,2,5-6,9-11H2,(H,16,17)/t15-/m0/s1. The van der Waals surface area contributed by atoms with E-state index in [9.17, 15) is 15.0 Å². The van der Waals surface area contributed by atoms with Crippen molar-refractivity contribution in [2.75, 3.05) is 0 Å². The van der Waals surface area contributed by atoms with Gasteiger partial charge >= 0.3 is 5.97 Å². The molecule has 2 N–H and O–H groups in total. The largest absolute Gasteiger partial charge is 0.479 e. The van der Waals surface area contributed by atoms with Crippen LogP contribution in [0.25, 0.3) is 0 Å². The summed E-state index contributed by atoms with van der Waals surface area (Å²) in [5, 5.41) is 20.0. The van der Waals surface area contributed by atoms with Crippen molar-refractivity contribution in [3.8, 4) is 0 Å². The van der Waals surface area contributed by atoms with Gasteiger partial charge in [-0.25, -0.2) is 4.79 Å². The second-order valence-electron chi connectivity index (χ2n) is 5.23. The van der Waals surface area contributed by atoms with Gasteiger partial charge in [0.1, 0.15) is 0 Å². The monoisotopic (exact) mass is 248 g/mol. The molecule has 0 aromatic heterocycles.